The highest BCUT2D eigenvalue weighted by Crippen LogP contribution is 2.22. The lowest BCUT2D eigenvalue weighted by Crippen LogP contribution is -2.25. The van der Waals surface area contributed by atoms with Crippen LogP contribution in [0.15, 0.2) is 60.8 Å². The van der Waals surface area contributed by atoms with E-state index in [1.54, 1.807) is 18.3 Å². The Kier molecular flexibility index (Phi) is 6.63. The topological polar surface area (TPSA) is 60.5 Å². The maximum absolute atomic E-state index is 12.3. The van der Waals surface area contributed by atoms with Gasteiger partial charge in [0, 0.05) is 23.7 Å². The van der Waals surface area contributed by atoms with Gasteiger partial charge in [-0.3, -0.25) is 9.78 Å². The molecule has 5 nitrogen and oxygen atoms in total. The predicted octanol–water partition coefficient (Wildman–Crippen LogP) is 4.22. The number of hydrogen-bond acceptors (Lipinski definition) is 4. The summed E-state index contributed by atoms with van der Waals surface area (Å²) in [7, 11) is 0. The number of benzene rings is 2. The van der Waals surface area contributed by atoms with Crippen LogP contribution < -0.4 is 14.8 Å². The second-order valence-electron chi connectivity index (χ2n) is 6.17. The van der Waals surface area contributed by atoms with Crippen molar-refractivity contribution in [2.75, 3.05) is 19.8 Å². The van der Waals surface area contributed by atoms with Crippen LogP contribution in [0.2, 0.25) is 0 Å². The van der Waals surface area contributed by atoms with Gasteiger partial charge in [-0.05, 0) is 43.2 Å². The number of rotatable bonds is 9. The van der Waals surface area contributed by atoms with Gasteiger partial charge in [0.25, 0.3) is 5.91 Å². The number of nitrogens with zero attached hydrogens (tertiary/aromatic N) is 1. The van der Waals surface area contributed by atoms with E-state index in [1.165, 1.54) is 0 Å². The van der Waals surface area contributed by atoms with Crippen molar-refractivity contribution in [1.82, 2.24) is 10.3 Å². The maximum Gasteiger partial charge on any atom is 0.251 e. The van der Waals surface area contributed by atoms with Gasteiger partial charge in [-0.2, -0.15) is 0 Å². The highest BCUT2D eigenvalue weighted by atomic mass is 16.5. The van der Waals surface area contributed by atoms with Gasteiger partial charge in [-0.25, -0.2) is 0 Å². The molecule has 1 N–H and O–H groups in total. The fraction of sp³-hybridized carbons (Fsp3) is 0.273. The summed E-state index contributed by atoms with van der Waals surface area (Å²) in [5.74, 6) is 1.38. The molecule has 140 valence electrons. The zero-order valence-electron chi connectivity index (χ0n) is 15.5. The first-order chi connectivity index (χ1) is 13.3. The molecule has 0 unspecified atom stereocenters. The minimum Gasteiger partial charge on any atom is -0.494 e. The molecular weight excluding hydrogens is 340 g/mol. The quantitative estimate of drug-likeness (QED) is 0.578. The largest absolute Gasteiger partial charge is 0.494 e. The molecule has 0 spiro atoms. The summed E-state index contributed by atoms with van der Waals surface area (Å²) in [6.45, 7) is 3.74. The number of amides is 1. The van der Waals surface area contributed by atoms with E-state index < -0.39 is 0 Å². The van der Waals surface area contributed by atoms with Crippen molar-refractivity contribution in [3.8, 4) is 11.5 Å². The number of carbonyl (C=O) groups excluding carboxylic acids is 1. The van der Waals surface area contributed by atoms with Gasteiger partial charge in [0.1, 0.15) is 17.0 Å². The zero-order valence-corrected chi connectivity index (χ0v) is 15.5. The Balaban J connectivity index is 1.45. The Morgan fingerprint density at radius 3 is 2.78 bits per heavy atom. The number of fused-ring (bicyclic) bond motifs is 1. The number of para-hydroxylation sites is 1. The molecule has 0 bridgehead atoms. The summed E-state index contributed by atoms with van der Waals surface area (Å²) in [4.78, 5) is 16.6. The van der Waals surface area contributed by atoms with Gasteiger partial charge in [0.05, 0.1) is 13.2 Å². The highest BCUT2D eigenvalue weighted by Gasteiger charge is 2.07. The van der Waals surface area contributed by atoms with Crippen LogP contribution in [0.4, 0.5) is 0 Å². The Labute approximate surface area is 159 Å². The summed E-state index contributed by atoms with van der Waals surface area (Å²) in [6.07, 6.45) is 3.40. The van der Waals surface area contributed by atoms with Gasteiger partial charge < -0.3 is 14.8 Å². The lowest BCUT2D eigenvalue weighted by atomic mass is 10.2. The van der Waals surface area contributed by atoms with E-state index >= 15 is 0 Å². The van der Waals surface area contributed by atoms with Crippen molar-refractivity contribution in [3.63, 3.8) is 0 Å². The maximum atomic E-state index is 12.3. The minimum atomic E-state index is -0.108. The van der Waals surface area contributed by atoms with E-state index in [0.717, 1.165) is 28.8 Å². The van der Waals surface area contributed by atoms with E-state index in [4.69, 9.17) is 9.47 Å². The number of aromatic nitrogens is 1. The molecule has 0 saturated carbocycles. The average Bonchev–Trinajstić information content (AvgIpc) is 2.72. The Morgan fingerprint density at radius 1 is 1.04 bits per heavy atom. The number of ether oxygens (including phenoxy) is 2. The van der Waals surface area contributed by atoms with Crippen molar-refractivity contribution in [2.24, 2.45) is 0 Å². The fourth-order valence-electron chi connectivity index (χ4n) is 2.70. The van der Waals surface area contributed by atoms with Crippen LogP contribution in [-0.4, -0.2) is 30.6 Å². The Morgan fingerprint density at radius 2 is 1.89 bits per heavy atom. The first-order valence-electron chi connectivity index (χ1n) is 9.25. The van der Waals surface area contributed by atoms with Gasteiger partial charge in [0.2, 0.25) is 0 Å². The van der Waals surface area contributed by atoms with Gasteiger partial charge in [0.15, 0.2) is 0 Å². The van der Waals surface area contributed by atoms with Crippen molar-refractivity contribution >= 4 is 16.8 Å². The van der Waals surface area contributed by atoms with Crippen LogP contribution >= 0.6 is 0 Å². The molecule has 0 saturated heterocycles. The number of pyridine rings is 1. The molecule has 2 aromatic carbocycles. The van der Waals surface area contributed by atoms with E-state index in [9.17, 15) is 4.79 Å². The van der Waals surface area contributed by atoms with Crippen LogP contribution in [0.5, 0.6) is 11.5 Å². The molecule has 0 aliphatic heterocycles. The molecule has 1 aromatic heterocycles. The molecule has 0 radical (unpaired) electrons. The van der Waals surface area contributed by atoms with Crippen LogP contribution in [0.3, 0.4) is 0 Å². The third-order valence-electron chi connectivity index (χ3n) is 4.03. The van der Waals surface area contributed by atoms with E-state index in [1.807, 2.05) is 49.4 Å². The zero-order chi connectivity index (χ0) is 18.9. The number of carbonyl (C=O) groups is 1. The molecule has 1 amide bonds. The van der Waals surface area contributed by atoms with Crippen molar-refractivity contribution in [1.29, 1.82) is 0 Å². The fourth-order valence-corrected chi connectivity index (χ4v) is 2.70. The summed E-state index contributed by atoms with van der Waals surface area (Å²) in [6, 6.07) is 17.0. The van der Waals surface area contributed by atoms with Crippen LogP contribution in [-0.2, 0) is 0 Å². The molecule has 0 atom stereocenters. The van der Waals surface area contributed by atoms with Crippen molar-refractivity contribution in [3.05, 3.63) is 66.4 Å². The SMILES string of the molecule is CCCOc1cccc(C(=O)NCCCOc2cccc3cccnc23)c1. The molecule has 3 rings (SSSR count). The molecule has 1 heterocycles. The van der Waals surface area contributed by atoms with E-state index in [-0.39, 0.29) is 5.91 Å². The predicted molar refractivity (Wildman–Crippen MR) is 106 cm³/mol. The van der Waals surface area contributed by atoms with Crippen LogP contribution in [0.1, 0.15) is 30.1 Å². The average molecular weight is 364 g/mol. The van der Waals surface area contributed by atoms with E-state index in [0.29, 0.717) is 31.7 Å². The molecule has 0 fully saturated rings. The minimum absolute atomic E-state index is 0.108. The second kappa shape index (κ2) is 9.57. The molecule has 27 heavy (non-hydrogen) atoms. The Bertz CT molecular complexity index is 890. The number of nitrogens with one attached hydrogen (secondary N) is 1. The normalized spacial score (nSPS) is 10.6. The lowest BCUT2D eigenvalue weighted by molar-refractivity contribution is 0.0951. The molecule has 0 aliphatic rings. The highest BCUT2D eigenvalue weighted by molar-refractivity contribution is 5.94. The second-order valence-corrected chi connectivity index (χ2v) is 6.17. The first kappa shape index (κ1) is 18.7. The molecule has 5 heteroatoms. The van der Waals surface area contributed by atoms with Gasteiger partial charge >= 0.3 is 0 Å². The third-order valence-corrected chi connectivity index (χ3v) is 4.03. The molecule has 3 aromatic rings. The first-order valence-corrected chi connectivity index (χ1v) is 9.25. The van der Waals surface area contributed by atoms with Crippen LogP contribution in [0.25, 0.3) is 10.9 Å². The van der Waals surface area contributed by atoms with Gasteiger partial charge in [-0.1, -0.05) is 31.2 Å². The summed E-state index contributed by atoms with van der Waals surface area (Å²) in [5, 5.41) is 3.97. The third kappa shape index (κ3) is 5.20. The van der Waals surface area contributed by atoms with Crippen molar-refractivity contribution in [2.45, 2.75) is 19.8 Å². The Hall–Kier alpha value is -3.08. The monoisotopic (exact) mass is 364 g/mol. The smallest absolute Gasteiger partial charge is 0.251 e. The number of hydrogen-bond donors (Lipinski definition) is 1. The molecule has 0 aliphatic carbocycles. The van der Waals surface area contributed by atoms with Crippen molar-refractivity contribution < 1.29 is 14.3 Å². The summed E-state index contributed by atoms with van der Waals surface area (Å²) in [5.41, 5.74) is 1.45. The summed E-state index contributed by atoms with van der Waals surface area (Å²) < 4.78 is 11.4. The van der Waals surface area contributed by atoms with Crippen LogP contribution in [0, 0.1) is 0 Å². The molecular formula is C22H24N2O3. The van der Waals surface area contributed by atoms with E-state index in [2.05, 4.69) is 10.3 Å². The standard InChI is InChI=1S/C22H24N2O3/c1-2-14-26-19-10-3-8-18(16-19)22(25)24-13-6-15-27-20-11-4-7-17-9-5-12-23-21(17)20/h3-5,7-12,16H,2,6,13-15H2,1H3,(H,24,25). The lowest BCUT2D eigenvalue weighted by Gasteiger charge is -2.10. The van der Waals surface area contributed by atoms with Gasteiger partial charge in [-0.15, -0.1) is 0 Å². The summed E-state index contributed by atoms with van der Waals surface area (Å²) >= 11 is 0.